The molecule has 1 unspecified atom stereocenters. The summed E-state index contributed by atoms with van der Waals surface area (Å²) in [6.45, 7) is 4.13. The Kier molecular flexibility index (Phi) is 7.85. The molecule has 1 aromatic carbocycles. The van der Waals surface area contributed by atoms with E-state index in [-0.39, 0.29) is 11.8 Å². The minimum Gasteiger partial charge on any atom is -0.465 e. The van der Waals surface area contributed by atoms with E-state index in [4.69, 9.17) is 4.74 Å². The third-order valence-electron chi connectivity index (χ3n) is 4.34. The van der Waals surface area contributed by atoms with Crippen molar-refractivity contribution in [3.8, 4) is 11.1 Å². The minimum absolute atomic E-state index is 0.0321. The van der Waals surface area contributed by atoms with E-state index in [0.29, 0.717) is 10.6 Å². The second kappa shape index (κ2) is 9.88. The monoisotopic (exact) mass is 437 g/mol. The maximum absolute atomic E-state index is 12.6. The first kappa shape index (κ1) is 20.6. The molecule has 0 saturated heterocycles. The molecular formula is C20H24BrNO3S. The van der Waals surface area contributed by atoms with Gasteiger partial charge in [0.05, 0.1) is 7.11 Å². The number of esters is 1. The number of carbonyl (C=O) groups excluding carboxylic acids is 2. The molecule has 1 N–H and O–H groups in total. The molecule has 0 bridgehead atoms. The van der Waals surface area contributed by atoms with Crippen LogP contribution in [0.4, 0.5) is 5.00 Å². The summed E-state index contributed by atoms with van der Waals surface area (Å²) in [5.41, 5.74) is 2.09. The molecule has 0 radical (unpaired) electrons. The Bertz CT molecular complexity index is 755. The molecule has 0 spiro atoms. The number of carbonyl (C=O) groups is 2. The van der Waals surface area contributed by atoms with E-state index in [0.717, 1.165) is 41.3 Å². The number of anilines is 1. The Morgan fingerprint density at radius 3 is 2.50 bits per heavy atom. The van der Waals surface area contributed by atoms with Gasteiger partial charge >= 0.3 is 5.97 Å². The lowest BCUT2D eigenvalue weighted by molar-refractivity contribution is -0.120. The fourth-order valence-corrected chi connectivity index (χ4v) is 4.01. The highest BCUT2D eigenvalue weighted by atomic mass is 79.9. The lowest BCUT2D eigenvalue weighted by Crippen LogP contribution is -2.23. The molecule has 0 fully saturated rings. The quantitative estimate of drug-likeness (QED) is 0.506. The molecule has 0 saturated carbocycles. The molecule has 1 heterocycles. The Morgan fingerprint density at radius 2 is 1.92 bits per heavy atom. The molecular weight excluding hydrogens is 414 g/mol. The van der Waals surface area contributed by atoms with Gasteiger partial charge in [-0.05, 0) is 30.5 Å². The molecule has 1 amide bonds. The van der Waals surface area contributed by atoms with Gasteiger partial charge in [-0.2, -0.15) is 0 Å². The van der Waals surface area contributed by atoms with E-state index in [9.17, 15) is 9.59 Å². The van der Waals surface area contributed by atoms with Gasteiger partial charge in [0.15, 0.2) is 0 Å². The van der Waals surface area contributed by atoms with Crippen LogP contribution in [0.3, 0.4) is 0 Å². The zero-order valence-electron chi connectivity index (χ0n) is 15.3. The van der Waals surface area contributed by atoms with Gasteiger partial charge < -0.3 is 10.1 Å². The maximum Gasteiger partial charge on any atom is 0.341 e. The minimum atomic E-state index is -0.443. The topological polar surface area (TPSA) is 55.4 Å². The molecule has 1 atom stereocenters. The second-order valence-electron chi connectivity index (χ2n) is 6.09. The van der Waals surface area contributed by atoms with Crippen molar-refractivity contribution >= 4 is 44.1 Å². The van der Waals surface area contributed by atoms with Crippen LogP contribution in [0.15, 0.2) is 34.1 Å². The summed E-state index contributed by atoms with van der Waals surface area (Å²) >= 11 is 4.77. The smallest absolute Gasteiger partial charge is 0.341 e. The SMILES string of the molecule is CCCCC(CC)C(=O)Nc1scc(-c2ccc(Br)cc2)c1C(=O)OC. The average molecular weight is 438 g/mol. The Balaban J connectivity index is 2.32. The zero-order chi connectivity index (χ0) is 19.1. The summed E-state index contributed by atoms with van der Waals surface area (Å²) in [6, 6.07) is 7.70. The number of unbranched alkanes of at least 4 members (excludes halogenated alkanes) is 1. The Morgan fingerprint density at radius 1 is 1.23 bits per heavy atom. The number of thiophene rings is 1. The van der Waals surface area contributed by atoms with Crippen LogP contribution in [-0.2, 0) is 9.53 Å². The normalized spacial score (nSPS) is 11.8. The average Bonchev–Trinajstić information content (AvgIpc) is 3.05. The number of hydrogen-bond acceptors (Lipinski definition) is 4. The van der Waals surface area contributed by atoms with E-state index in [1.807, 2.05) is 36.6 Å². The summed E-state index contributed by atoms with van der Waals surface area (Å²) in [5, 5.41) is 5.39. The molecule has 0 aliphatic heterocycles. The van der Waals surface area contributed by atoms with Crippen molar-refractivity contribution in [3.05, 3.63) is 39.7 Å². The van der Waals surface area contributed by atoms with Crippen molar-refractivity contribution in [1.29, 1.82) is 0 Å². The van der Waals surface area contributed by atoms with Crippen molar-refractivity contribution in [1.82, 2.24) is 0 Å². The first-order valence-electron chi connectivity index (χ1n) is 8.78. The van der Waals surface area contributed by atoms with Crippen LogP contribution in [0.5, 0.6) is 0 Å². The third kappa shape index (κ3) is 4.95. The van der Waals surface area contributed by atoms with Gasteiger partial charge in [0.25, 0.3) is 0 Å². The number of amides is 1. The lowest BCUT2D eigenvalue weighted by atomic mass is 9.98. The van der Waals surface area contributed by atoms with Gasteiger partial charge in [0, 0.05) is 21.3 Å². The van der Waals surface area contributed by atoms with E-state index >= 15 is 0 Å². The van der Waals surface area contributed by atoms with Crippen LogP contribution >= 0.6 is 27.3 Å². The van der Waals surface area contributed by atoms with Crippen molar-refractivity contribution in [3.63, 3.8) is 0 Å². The molecule has 2 rings (SSSR count). The van der Waals surface area contributed by atoms with Gasteiger partial charge in [-0.15, -0.1) is 11.3 Å². The first-order valence-corrected chi connectivity index (χ1v) is 10.5. The highest BCUT2D eigenvalue weighted by molar-refractivity contribution is 9.10. The van der Waals surface area contributed by atoms with E-state index in [2.05, 4.69) is 28.2 Å². The number of halogens is 1. The fraction of sp³-hybridized carbons (Fsp3) is 0.400. The van der Waals surface area contributed by atoms with Crippen LogP contribution in [0.2, 0.25) is 0 Å². The van der Waals surface area contributed by atoms with Gasteiger partial charge in [-0.25, -0.2) is 4.79 Å². The molecule has 6 heteroatoms. The lowest BCUT2D eigenvalue weighted by Gasteiger charge is -2.14. The van der Waals surface area contributed by atoms with Crippen LogP contribution < -0.4 is 5.32 Å². The van der Waals surface area contributed by atoms with Crippen molar-refractivity contribution < 1.29 is 14.3 Å². The van der Waals surface area contributed by atoms with Gasteiger partial charge in [0.1, 0.15) is 10.6 Å². The predicted octanol–water partition coefficient (Wildman–Crippen LogP) is 6.12. The molecule has 4 nitrogen and oxygen atoms in total. The number of methoxy groups -OCH3 is 1. The van der Waals surface area contributed by atoms with Crippen LogP contribution in [-0.4, -0.2) is 19.0 Å². The summed E-state index contributed by atoms with van der Waals surface area (Å²) in [6.07, 6.45) is 3.72. The summed E-state index contributed by atoms with van der Waals surface area (Å²) in [4.78, 5) is 25.0. The number of rotatable bonds is 8. The molecule has 0 aliphatic rings. The number of nitrogens with one attached hydrogen (secondary N) is 1. The maximum atomic E-state index is 12.6. The first-order chi connectivity index (χ1) is 12.5. The predicted molar refractivity (Wildman–Crippen MR) is 111 cm³/mol. The zero-order valence-corrected chi connectivity index (χ0v) is 17.7. The summed E-state index contributed by atoms with van der Waals surface area (Å²) in [5.74, 6) is -0.518. The van der Waals surface area contributed by atoms with E-state index in [1.165, 1.54) is 18.4 Å². The number of hydrogen-bond donors (Lipinski definition) is 1. The molecule has 26 heavy (non-hydrogen) atoms. The Hall–Kier alpha value is -1.66. The summed E-state index contributed by atoms with van der Waals surface area (Å²) < 4.78 is 5.93. The molecule has 1 aromatic heterocycles. The molecule has 2 aromatic rings. The number of ether oxygens (including phenoxy) is 1. The molecule has 0 aliphatic carbocycles. The Labute approximate surface area is 167 Å². The highest BCUT2D eigenvalue weighted by Gasteiger charge is 2.24. The van der Waals surface area contributed by atoms with E-state index in [1.54, 1.807) is 0 Å². The third-order valence-corrected chi connectivity index (χ3v) is 5.77. The highest BCUT2D eigenvalue weighted by Crippen LogP contribution is 2.37. The molecule has 140 valence electrons. The second-order valence-corrected chi connectivity index (χ2v) is 7.88. The van der Waals surface area contributed by atoms with E-state index < -0.39 is 5.97 Å². The van der Waals surface area contributed by atoms with Crippen LogP contribution in [0, 0.1) is 5.92 Å². The fourth-order valence-electron chi connectivity index (χ4n) is 2.78. The van der Waals surface area contributed by atoms with Crippen molar-refractivity contribution in [2.75, 3.05) is 12.4 Å². The van der Waals surface area contributed by atoms with Gasteiger partial charge in [0.2, 0.25) is 5.91 Å². The standard InChI is InChI=1S/C20H24BrNO3S/c1-4-6-7-13(5-2)18(23)22-19-17(20(24)25-3)16(12-26-19)14-8-10-15(21)11-9-14/h8-13H,4-7H2,1-3H3,(H,22,23). The van der Waals surface area contributed by atoms with Crippen molar-refractivity contribution in [2.24, 2.45) is 5.92 Å². The largest absolute Gasteiger partial charge is 0.465 e. The number of benzene rings is 1. The van der Waals surface area contributed by atoms with Crippen LogP contribution in [0.25, 0.3) is 11.1 Å². The summed E-state index contributed by atoms with van der Waals surface area (Å²) in [7, 11) is 1.35. The van der Waals surface area contributed by atoms with Crippen molar-refractivity contribution in [2.45, 2.75) is 39.5 Å². The van der Waals surface area contributed by atoms with Gasteiger partial charge in [-0.1, -0.05) is 54.8 Å². The van der Waals surface area contributed by atoms with Crippen LogP contribution in [0.1, 0.15) is 49.9 Å². The van der Waals surface area contributed by atoms with Gasteiger partial charge in [-0.3, -0.25) is 4.79 Å².